The third-order valence-corrected chi connectivity index (χ3v) is 5.18. The Morgan fingerprint density at radius 2 is 2.00 bits per heavy atom. The Labute approximate surface area is 208 Å². The smallest absolute Gasteiger partial charge is 0.395 e. The fourth-order valence-electron chi connectivity index (χ4n) is 2.84. The Bertz CT molecular complexity index is 1360. The van der Waals surface area contributed by atoms with Crippen LogP contribution in [0.5, 0.6) is 17.4 Å². The number of H-pyrrole nitrogens is 1. The van der Waals surface area contributed by atoms with Gasteiger partial charge in [0.05, 0.1) is 27.3 Å². The maximum atomic E-state index is 12.3. The van der Waals surface area contributed by atoms with E-state index in [0.717, 1.165) is 0 Å². The number of nitro groups is 1. The van der Waals surface area contributed by atoms with Crippen molar-refractivity contribution in [1.29, 1.82) is 0 Å². The molecule has 2 aromatic carbocycles. The molecule has 1 heterocycles. The first kappa shape index (κ1) is 25.5. The first-order chi connectivity index (χ1) is 16.7. The lowest BCUT2D eigenvalue weighted by atomic mass is 10.2. The summed E-state index contributed by atoms with van der Waals surface area (Å²) in [5.74, 6) is -0.900. The summed E-state index contributed by atoms with van der Waals surface area (Å²) in [7, 11) is 0. The number of ether oxygens (including phenoxy) is 2. The van der Waals surface area contributed by atoms with Crippen LogP contribution in [0.25, 0.3) is 12.2 Å². The Balaban J connectivity index is 1.73. The Kier molecular flexibility index (Phi) is 8.29. The Morgan fingerprint density at radius 3 is 2.69 bits per heavy atom. The minimum Gasteiger partial charge on any atom is -0.490 e. The van der Waals surface area contributed by atoms with Crippen molar-refractivity contribution >= 4 is 52.6 Å². The molecule has 0 bridgehead atoms. The topological polar surface area (TPSA) is 157 Å². The van der Waals surface area contributed by atoms with Gasteiger partial charge in [-0.1, -0.05) is 41.4 Å². The third kappa shape index (κ3) is 6.49. The highest BCUT2D eigenvalue weighted by atomic mass is 35.5. The van der Waals surface area contributed by atoms with Gasteiger partial charge < -0.3 is 24.9 Å². The standard InChI is InChI=1S/C22H18Cl2N4O7/c1-2-34-16-10-12(7-9-17-26-21(30)20(28(32)33)22(31)27-17)6-8-15(16)35-11-18(29)25-14-5-3-4-13(23)19(14)24/h3-10H,2,11H2,1H3,(H,25,29)(H2,26,27,30,31)/b9-7+. The predicted octanol–water partition coefficient (Wildman–Crippen LogP) is 4.28. The van der Waals surface area contributed by atoms with Crippen LogP contribution in [0, 0.1) is 10.1 Å². The van der Waals surface area contributed by atoms with E-state index in [1.54, 1.807) is 43.3 Å². The number of aromatic amines is 1. The molecule has 0 radical (unpaired) electrons. The number of amides is 1. The average Bonchev–Trinajstić information content (AvgIpc) is 2.79. The molecule has 35 heavy (non-hydrogen) atoms. The van der Waals surface area contributed by atoms with E-state index in [1.165, 1.54) is 12.2 Å². The van der Waals surface area contributed by atoms with Crippen LogP contribution in [0.3, 0.4) is 0 Å². The fourth-order valence-corrected chi connectivity index (χ4v) is 3.18. The highest BCUT2D eigenvalue weighted by Gasteiger charge is 2.21. The van der Waals surface area contributed by atoms with Crippen molar-refractivity contribution in [2.75, 3.05) is 18.5 Å². The van der Waals surface area contributed by atoms with E-state index >= 15 is 0 Å². The van der Waals surface area contributed by atoms with Crippen molar-refractivity contribution in [2.24, 2.45) is 0 Å². The second-order valence-electron chi connectivity index (χ2n) is 6.79. The number of nitrogens with one attached hydrogen (secondary N) is 2. The largest absolute Gasteiger partial charge is 0.490 e. The molecule has 1 aromatic heterocycles. The molecule has 0 saturated heterocycles. The van der Waals surface area contributed by atoms with Crippen LogP contribution >= 0.6 is 23.2 Å². The van der Waals surface area contributed by atoms with E-state index in [-0.39, 0.29) is 17.5 Å². The van der Waals surface area contributed by atoms with Crippen LogP contribution in [0.15, 0.2) is 41.2 Å². The molecule has 0 saturated carbocycles. The van der Waals surface area contributed by atoms with Gasteiger partial charge in [-0.2, -0.15) is 4.98 Å². The number of aromatic hydroxyl groups is 1. The van der Waals surface area contributed by atoms with Crippen LogP contribution in [0.4, 0.5) is 11.4 Å². The number of hydrogen-bond donors (Lipinski definition) is 3. The van der Waals surface area contributed by atoms with E-state index in [1.807, 2.05) is 0 Å². The van der Waals surface area contributed by atoms with Crippen molar-refractivity contribution in [2.45, 2.75) is 6.92 Å². The predicted molar refractivity (Wildman–Crippen MR) is 130 cm³/mol. The highest BCUT2D eigenvalue weighted by molar-refractivity contribution is 6.44. The monoisotopic (exact) mass is 520 g/mol. The van der Waals surface area contributed by atoms with Crippen LogP contribution in [0.2, 0.25) is 10.0 Å². The van der Waals surface area contributed by atoms with E-state index in [9.17, 15) is 24.8 Å². The second-order valence-corrected chi connectivity index (χ2v) is 7.58. The van der Waals surface area contributed by atoms with Gasteiger partial charge in [0, 0.05) is 0 Å². The van der Waals surface area contributed by atoms with E-state index in [2.05, 4.69) is 15.3 Å². The molecule has 3 aromatic rings. The van der Waals surface area contributed by atoms with Crippen molar-refractivity contribution in [3.05, 3.63) is 78.3 Å². The summed E-state index contributed by atoms with van der Waals surface area (Å²) in [5.41, 5.74) is -1.18. The summed E-state index contributed by atoms with van der Waals surface area (Å²) in [6.45, 7) is 1.76. The molecule has 3 rings (SSSR count). The summed E-state index contributed by atoms with van der Waals surface area (Å²) in [6, 6.07) is 9.68. The van der Waals surface area contributed by atoms with Gasteiger partial charge in [-0.3, -0.25) is 19.7 Å². The number of anilines is 1. The zero-order chi connectivity index (χ0) is 25.5. The van der Waals surface area contributed by atoms with Crippen molar-refractivity contribution in [3.8, 4) is 17.4 Å². The van der Waals surface area contributed by atoms with E-state index in [4.69, 9.17) is 32.7 Å². The minimum absolute atomic E-state index is 0.0901. The van der Waals surface area contributed by atoms with E-state index in [0.29, 0.717) is 34.4 Å². The fraction of sp³-hybridized carbons (Fsp3) is 0.136. The number of hydrogen-bond acceptors (Lipinski definition) is 8. The first-order valence-corrected chi connectivity index (χ1v) is 10.7. The van der Waals surface area contributed by atoms with Crippen LogP contribution in [-0.2, 0) is 4.79 Å². The average molecular weight is 521 g/mol. The second kappa shape index (κ2) is 11.4. The van der Waals surface area contributed by atoms with Gasteiger partial charge in [-0.25, -0.2) is 0 Å². The third-order valence-electron chi connectivity index (χ3n) is 4.36. The van der Waals surface area contributed by atoms with Gasteiger partial charge in [0.25, 0.3) is 11.8 Å². The van der Waals surface area contributed by atoms with Crippen molar-refractivity contribution in [1.82, 2.24) is 9.97 Å². The number of halogens is 2. The number of nitrogens with zero attached hydrogens (tertiary/aromatic N) is 2. The van der Waals surface area contributed by atoms with Gasteiger partial charge in [-0.05, 0) is 42.8 Å². The molecule has 0 spiro atoms. The summed E-state index contributed by atoms with van der Waals surface area (Å²) in [6.07, 6.45) is 2.88. The molecule has 13 heteroatoms. The number of aromatic nitrogens is 2. The molecule has 182 valence electrons. The molecule has 11 nitrogen and oxygen atoms in total. The quantitative estimate of drug-likeness (QED) is 0.278. The molecule has 3 N–H and O–H groups in total. The maximum Gasteiger partial charge on any atom is 0.395 e. The molecule has 0 unspecified atom stereocenters. The van der Waals surface area contributed by atoms with Gasteiger partial charge in [0.1, 0.15) is 5.82 Å². The summed E-state index contributed by atoms with van der Waals surface area (Å²) in [4.78, 5) is 39.6. The molecule has 0 aliphatic rings. The normalized spacial score (nSPS) is 10.8. The zero-order valence-corrected chi connectivity index (χ0v) is 19.6. The lowest BCUT2D eigenvalue weighted by molar-refractivity contribution is -0.387. The molecule has 0 aliphatic heterocycles. The van der Waals surface area contributed by atoms with Gasteiger partial charge in [0.2, 0.25) is 0 Å². The molecule has 1 amide bonds. The molecule has 0 fully saturated rings. The molecule has 0 aliphatic carbocycles. The van der Waals surface area contributed by atoms with Crippen LogP contribution in [0.1, 0.15) is 18.3 Å². The van der Waals surface area contributed by atoms with Gasteiger partial charge in [-0.15, -0.1) is 0 Å². The number of benzene rings is 2. The molecular weight excluding hydrogens is 503 g/mol. The van der Waals surface area contributed by atoms with Crippen molar-refractivity contribution < 1.29 is 24.3 Å². The SMILES string of the molecule is CCOc1cc(/C=C/c2nc(O)c([N+](=O)[O-])c(=O)[nH]2)ccc1OCC(=O)Nc1cccc(Cl)c1Cl. The van der Waals surface area contributed by atoms with Crippen LogP contribution in [-0.4, -0.2) is 39.1 Å². The number of carbonyl (C=O) groups is 1. The summed E-state index contributed by atoms with van der Waals surface area (Å²) < 4.78 is 11.2. The minimum atomic E-state index is -1.08. The number of rotatable bonds is 9. The summed E-state index contributed by atoms with van der Waals surface area (Å²) in [5, 5.41) is 23.5. The number of carbonyl (C=O) groups excluding carboxylic acids is 1. The van der Waals surface area contributed by atoms with Crippen molar-refractivity contribution in [3.63, 3.8) is 0 Å². The van der Waals surface area contributed by atoms with E-state index < -0.39 is 28.0 Å². The van der Waals surface area contributed by atoms with Gasteiger partial charge >= 0.3 is 11.2 Å². The highest BCUT2D eigenvalue weighted by Crippen LogP contribution is 2.31. The Morgan fingerprint density at radius 1 is 1.23 bits per heavy atom. The van der Waals surface area contributed by atoms with Crippen LogP contribution < -0.4 is 20.3 Å². The Hall–Kier alpha value is -4.09. The lowest BCUT2D eigenvalue weighted by Gasteiger charge is -2.13. The first-order valence-electron chi connectivity index (χ1n) is 9.98. The lowest BCUT2D eigenvalue weighted by Crippen LogP contribution is -2.20. The van der Waals surface area contributed by atoms with Gasteiger partial charge in [0.15, 0.2) is 18.1 Å². The zero-order valence-electron chi connectivity index (χ0n) is 18.1. The molecule has 0 atom stereocenters. The maximum absolute atomic E-state index is 12.3. The summed E-state index contributed by atoms with van der Waals surface area (Å²) >= 11 is 12.0. The molecular formula is C22H18Cl2N4O7.